The van der Waals surface area contributed by atoms with Gasteiger partial charge in [-0.3, -0.25) is 4.68 Å². The van der Waals surface area contributed by atoms with Gasteiger partial charge in [0.15, 0.2) is 0 Å². The quantitative estimate of drug-likeness (QED) is 0.728. The molecular weight excluding hydrogens is 216 g/mol. The lowest BCUT2D eigenvalue weighted by atomic mass is 10.2. The Hall–Kier alpha value is -0.310. The molecule has 3 heteroatoms. The van der Waals surface area contributed by atoms with Crippen molar-refractivity contribution in [3.8, 4) is 0 Å². The van der Waals surface area contributed by atoms with Crippen LogP contribution in [0, 0.1) is 0 Å². The summed E-state index contributed by atoms with van der Waals surface area (Å²) in [5.41, 5.74) is 2.72. The minimum absolute atomic E-state index is 0.919. The first-order valence-electron chi connectivity index (χ1n) is 4.43. The first-order chi connectivity index (χ1) is 5.83. The fourth-order valence-corrected chi connectivity index (χ4v) is 1.83. The largest absolute Gasteiger partial charge is 0.270 e. The number of alkyl halides is 1. The van der Waals surface area contributed by atoms with Crippen LogP contribution in [0.5, 0.6) is 0 Å². The maximum atomic E-state index is 4.31. The third-order valence-corrected chi connectivity index (χ3v) is 2.57. The van der Waals surface area contributed by atoms with E-state index in [1.807, 2.05) is 6.20 Å². The van der Waals surface area contributed by atoms with Crippen LogP contribution in [0.25, 0.3) is 0 Å². The molecule has 0 unspecified atom stereocenters. The van der Waals surface area contributed by atoms with Crippen LogP contribution in [0.1, 0.15) is 31.5 Å². The number of nitrogens with zero attached hydrogens (tertiary/aromatic N) is 2. The van der Waals surface area contributed by atoms with Crippen LogP contribution in [-0.4, -0.2) is 9.78 Å². The maximum Gasteiger partial charge on any atom is 0.0533 e. The zero-order chi connectivity index (χ0) is 8.97. The van der Waals surface area contributed by atoms with Gasteiger partial charge in [0.25, 0.3) is 0 Å². The van der Waals surface area contributed by atoms with Gasteiger partial charge in [-0.1, -0.05) is 29.3 Å². The average molecular weight is 231 g/mol. The molecule has 0 radical (unpaired) electrons. The number of rotatable bonds is 4. The van der Waals surface area contributed by atoms with Gasteiger partial charge in [0.1, 0.15) is 0 Å². The van der Waals surface area contributed by atoms with Gasteiger partial charge in [-0.05, 0) is 13.3 Å². The van der Waals surface area contributed by atoms with Gasteiger partial charge in [-0.2, -0.15) is 5.10 Å². The van der Waals surface area contributed by atoms with Gasteiger partial charge in [-0.25, -0.2) is 0 Å². The highest BCUT2D eigenvalue weighted by molar-refractivity contribution is 9.08. The van der Waals surface area contributed by atoms with Crippen molar-refractivity contribution in [2.45, 2.75) is 38.6 Å². The van der Waals surface area contributed by atoms with E-state index in [2.05, 4.69) is 39.6 Å². The second kappa shape index (κ2) is 4.65. The van der Waals surface area contributed by atoms with Crippen molar-refractivity contribution < 1.29 is 0 Å². The Morgan fingerprint density at radius 2 is 2.25 bits per heavy atom. The molecule has 0 fully saturated rings. The van der Waals surface area contributed by atoms with E-state index in [0.29, 0.717) is 0 Å². The van der Waals surface area contributed by atoms with Crippen molar-refractivity contribution in [1.29, 1.82) is 0 Å². The molecule has 2 nitrogen and oxygen atoms in total. The fraction of sp³-hybridized carbons (Fsp3) is 0.667. The van der Waals surface area contributed by atoms with Crippen molar-refractivity contribution in [2.75, 3.05) is 0 Å². The summed E-state index contributed by atoms with van der Waals surface area (Å²) in [6.45, 7) is 5.30. The molecule has 0 aliphatic rings. The molecule has 1 heterocycles. The highest BCUT2D eigenvalue weighted by Gasteiger charge is 2.06. The zero-order valence-corrected chi connectivity index (χ0v) is 9.26. The highest BCUT2D eigenvalue weighted by Crippen LogP contribution is 2.14. The zero-order valence-electron chi connectivity index (χ0n) is 7.68. The van der Waals surface area contributed by atoms with Crippen molar-refractivity contribution in [1.82, 2.24) is 9.78 Å². The van der Waals surface area contributed by atoms with Crippen LogP contribution in [0.3, 0.4) is 0 Å². The molecule has 0 aliphatic heterocycles. The molecule has 0 bridgehead atoms. The number of halogens is 1. The van der Waals surface area contributed by atoms with E-state index < -0.39 is 0 Å². The Balaban J connectivity index is 2.90. The van der Waals surface area contributed by atoms with Crippen LogP contribution in [-0.2, 0) is 18.3 Å². The molecule has 0 saturated heterocycles. The molecule has 0 N–H and O–H groups in total. The third kappa shape index (κ3) is 1.89. The van der Waals surface area contributed by atoms with Crippen molar-refractivity contribution >= 4 is 15.9 Å². The van der Waals surface area contributed by atoms with E-state index in [-0.39, 0.29) is 0 Å². The monoisotopic (exact) mass is 230 g/mol. The Morgan fingerprint density at radius 3 is 2.75 bits per heavy atom. The van der Waals surface area contributed by atoms with E-state index in [0.717, 1.165) is 18.3 Å². The minimum atomic E-state index is 0.919. The van der Waals surface area contributed by atoms with Crippen molar-refractivity contribution in [3.05, 3.63) is 17.5 Å². The van der Waals surface area contributed by atoms with E-state index in [1.165, 1.54) is 17.7 Å². The summed E-state index contributed by atoms with van der Waals surface area (Å²) in [4.78, 5) is 0. The number of hydrogen-bond acceptors (Lipinski definition) is 1. The van der Waals surface area contributed by atoms with Crippen LogP contribution in [0.15, 0.2) is 6.20 Å². The van der Waals surface area contributed by atoms with Gasteiger partial charge in [0, 0.05) is 23.1 Å². The normalized spacial score (nSPS) is 10.6. The molecule has 1 aromatic heterocycles. The molecule has 0 amide bonds. The lowest BCUT2D eigenvalue weighted by molar-refractivity contribution is 0.614. The topological polar surface area (TPSA) is 17.8 Å². The first kappa shape index (κ1) is 9.78. The van der Waals surface area contributed by atoms with E-state index >= 15 is 0 Å². The lowest BCUT2D eigenvalue weighted by Crippen LogP contribution is -2.03. The summed E-state index contributed by atoms with van der Waals surface area (Å²) in [6, 6.07) is 0. The molecule has 12 heavy (non-hydrogen) atoms. The fourth-order valence-electron chi connectivity index (χ4n) is 1.36. The van der Waals surface area contributed by atoms with E-state index in [9.17, 15) is 0 Å². The Morgan fingerprint density at radius 1 is 1.50 bits per heavy atom. The number of aryl methyl sites for hydroxylation is 1. The molecule has 0 atom stereocenters. The Kier molecular flexibility index (Phi) is 3.79. The Labute approximate surface area is 82.1 Å². The molecule has 0 saturated carbocycles. The first-order valence-corrected chi connectivity index (χ1v) is 5.55. The third-order valence-electron chi connectivity index (χ3n) is 1.97. The second-order valence-corrected chi connectivity index (χ2v) is 3.38. The average Bonchev–Trinajstić information content (AvgIpc) is 2.48. The van der Waals surface area contributed by atoms with Gasteiger partial charge in [-0.15, -0.1) is 0 Å². The molecule has 0 aliphatic carbocycles. The summed E-state index contributed by atoms with van der Waals surface area (Å²) in [7, 11) is 0. The predicted molar refractivity (Wildman–Crippen MR) is 54.5 cm³/mol. The van der Waals surface area contributed by atoms with Crippen molar-refractivity contribution in [2.24, 2.45) is 0 Å². The number of aromatic nitrogens is 2. The number of hydrogen-bond donors (Lipinski definition) is 0. The van der Waals surface area contributed by atoms with E-state index in [4.69, 9.17) is 0 Å². The van der Waals surface area contributed by atoms with Gasteiger partial charge < -0.3 is 0 Å². The molecular formula is C9H15BrN2. The van der Waals surface area contributed by atoms with Gasteiger partial charge >= 0.3 is 0 Å². The predicted octanol–water partition coefficient (Wildman–Crippen LogP) is 2.75. The molecule has 1 aromatic rings. The second-order valence-electron chi connectivity index (χ2n) is 2.82. The van der Waals surface area contributed by atoms with Gasteiger partial charge in [0.2, 0.25) is 0 Å². The molecule has 1 rings (SSSR count). The smallest absolute Gasteiger partial charge is 0.0533 e. The summed E-state index contributed by atoms with van der Waals surface area (Å²) in [5, 5.41) is 5.23. The minimum Gasteiger partial charge on any atom is -0.270 e. The van der Waals surface area contributed by atoms with Crippen LogP contribution in [0.4, 0.5) is 0 Å². The standard InChI is InChI=1S/C9H15BrN2/c1-3-5-9-8(6-10)7-11-12(9)4-2/h7H,3-6H2,1-2H3. The summed E-state index contributed by atoms with van der Waals surface area (Å²) < 4.78 is 2.08. The highest BCUT2D eigenvalue weighted by atomic mass is 79.9. The lowest BCUT2D eigenvalue weighted by Gasteiger charge is -2.04. The van der Waals surface area contributed by atoms with Crippen LogP contribution >= 0.6 is 15.9 Å². The SMILES string of the molecule is CCCc1c(CBr)cnn1CC. The Bertz CT molecular complexity index is 221. The summed E-state index contributed by atoms with van der Waals surface area (Å²) in [6.07, 6.45) is 4.28. The molecule has 0 spiro atoms. The van der Waals surface area contributed by atoms with Crippen molar-refractivity contribution in [3.63, 3.8) is 0 Å². The summed E-state index contributed by atoms with van der Waals surface area (Å²) >= 11 is 3.47. The maximum absolute atomic E-state index is 4.31. The van der Waals surface area contributed by atoms with E-state index in [1.54, 1.807) is 0 Å². The van der Waals surface area contributed by atoms with Gasteiger partial charge in [0.05, 0.1) is 6.20 Å². The molecule has 0 aromatic carbocycles. The van der Waals surface area contributed by atoms with Crippen LogP contribution < -0.4 is 0 Å². The molecule has 68 valence electrons. The van der Waals surface area contributed by atoms with Crippen LogP contribution in [0.2, 0.25) is 0 Å². The summed E-state index contributed by atoms with van der Waals surface area (Å²) in [5.74, 6) is 0.